The van der Waals surface area contributed by atoms with Crippen LogP contribution in [0.15, 0.2) is 97.1 Å². The van der Waals surface area contributed by atoms with Crippen molar-refractivity contribution in [3.63, 3.8) is 0 Å². The fourth-order valence-corrected chi connectivity index (χ4v) is 7.31. The molecule has 0 aliphatic rings. The molecular formula is C28H25O2P. The molecule has 0 aromatic heterocycles. The average molecular weight is 424 g/mol. The summed E-state index contributed by atoms with van der Waals surface area (Å²) in [6.45, 7) is 5.91. The Kier molecular flexibility index (Phi) is 5.76. The van der Waals surface area contributed by atoms with Crippen LogP contribution in [0.1, 0.15) is 27.0 Å². The maximum absolute atomic E-state index is 14.9. The van der Waals surface area contributed by atoms with E-state index in [1.807, 2.05) is 112 Å². The molecule has 154 valence electrons. The van der Waals surface area contributed by atoms with E-state index in [0.717, 1.165) is 27.8 Å². The minimum atomic E-state index is -3.62. The van der Waals surface area contributed by atoms with E-state index in [4.69, 9.17) is 0 Å². The molecule has 1 unspecified atom stereocenters. The minimum Gasteiger partial charge on any atom is -0.305 e. The lowest BCUT2D eigenvalue weighted by molar-refractivity contribution is 0.107. The third-order valence-corrected chi connectivity index (χ3v) is 8.77. The normalized spacial score (nSPS) is 12.9. The van der Waals surface area contributed by atoms with Gasteiger partial charge in [-0.1, -0.05) is 103 Å². The van der Waals surface area contributed by atoms with E-state index in [-0.39, 0.29) is 5.52 Å². The Hall–Kier alpha value is -3.22. The van der Waals surface area contributed by atoms with Gasteiger partial charge < -0.3 is 4.57 Å². The third-order valence-electron chi connectivity index (χ3n) is 5.60. The zero-order chi connectivity index (χ0) is 22.0. The van der Waals surface area contributed by atoms with Gasteiger partial charge in [-0.05, 0) is 43.0 Å². The monoisotopic (exact) mass is 424 g/mol. The molecule has 0 spiro atoms. The molecule has 0 heterocycles. The van der Waals surface area contributed by atoms with Gasteiger partial charge in [0.2, 0.25) is 12.7 Å². The molecule has 0 saturated carbocycles. The predicted molar refractivity (Wildman–Crippen MR) is 130 cm³/mol. The summed E-state index contributed by atoms with van der Waals surface area (Å²) < 4.78 is 14.9. The van der Waals surface area contributed by atoms with Gasteiger partial charge >= 0.3 is 0 Å². The fraction of sp³-hybridized carbons (Fsp3) is 0.107. The molecule has 2 nitrogen and oxygen atoms in total. The Morgan fingerprint density at radius 3 is 1.81 bits per heavy atom. The van der Waals surface area contributed by atoms with E-state index >= 15 is 0 Å². The molecule has 31 heavy (non-hydrogen) atoms. The lowest BCUT2D eigenvalue weighted by atomic mass is 10.0. The zero-order valence-electron chi connectivity index (χ0n) is 18.0. The number of carbonyl (C=O) groups is 1. The van der Waals surface area contributed by atoms with Gasteiger partial charge in [-0.2, -0.15) is 0 Å². The van der Waals surface area contributed by atoms with Crippen LogP contribution in [0.25, 0.3) is 11.1 Å². The second-order valence-electron chi connectivity index (χ2n) is 7.91. The lowest BCUT2D eigenvalue weighted by Crippen LogP contribution is -2.27. The number of rotatable bonds is 5. The molecule has 4 aromatic rings. The fourth-order valence-electron chi connectivity index (χ4n) is 4.36. The van der Waals surface area contributed by atoms with Crippen LogP contribution in [0.4, 0.5) is 0 Å². The van der Waals surface area contributed by atoms with Crippen molar-refractivity contribution < 1.29 is 9.36 Å². The van der Waals surface area contributed by atoms with Crippen molar-refractivity contribution in [2.24, 2.45) is 0 Å². The highest BCUT2D eigenvalue weighted by Gasteiger charge is 2.39. The number of benzene rings is 4. The van der Waals surface area contributed by atoms with Gasteiger partial charge in [-0.25, -0.2) is 0 Å². The summed E-state index contributed by atoms with van der Waals surface area (Å²) in [4.78, 5) is 14.2. The van der Waals surface area contributed by atoms with Crippen LogP contribution < -0.4 is 10.6 Å². The zero-order valence-corrected chi connectivity index (χ0v) is 18.9. The molecule has 0 saturated heterocycles. The minimum absolute atomic E-state index is 0.326. The van der Waals surface area contributed by atoms with Crippen LogP contribution in [-0.4, -0.2) is 5.52 Å². The molecule has 4 aromatic carbocycles. The highest BCUT2D eigenvalue weighted by Crippen LogP contribution is 2.50. The van der Waals surface area contributed by atoms with Crippen LogP contribution in [0.3, 0.4) is 0 Å². The van der Waals surface area contributed by atoms with Crippen LogP contribution >= 0.6 is 7.14 Å². The van der Waals surface area contributed by atoms with Crippen molar-refractivity contribution in [3.8, 4) is 11.1 Å². The Morgan fingerprint density at radius 2 is 1.19 bits per heavy atom. The van der Waals surface area contributed by atoms with Crippen molar-refractivity contribution in [3.05, 3.63) is 119 Å². The molecule has 0 N–H and O–H groups in total. The first-order chi connectivity index (χ1) is 14.9. The lowest BCUT2D eigenvalue weighted by Gasteiger charge is -2.23. The smallest absolute Gasteiger partial charge is 0.230 e. The number of hydrogen-bond acceptors (Lipinski definition) is 2. The van der Waals surface area contributed by atoms with Gasteiger partial charge in [-0.3, -0.25) is 4.79 Å². The van der Waals surface area contributed by atoms with Gasteiger partial charge in [-0.15, -0.1) is 0 Å². The van der Waals surface area contributed by atoms with Crippen LogP contribution in [0.5, 0.6) is 0 Å². The molecule has 0 aliphatic carbocycles. The summed E-state index contributed by atoms with van der Waals surface area (Å²) in [6.07, 6.45) is 0. The van der Waals surface area contributed by atoms with E-state index in [0.29, 0.717) is 16.2 Å². The molecule has 0 radical (unpaired) electrons. The quantitative estimate of drug-likeness (QED) is 0.346. The van der Waals surface area contributed by atoms with Gasteiger partial charge in [0.05, 0.1) is 0 Å². The summed E-state index contributed by atoms with van der Waals surface area (Å²) in [5.41, 5.74) is 4.75. The molecule has 0 aliphatic heterocycles. The molecule has 1 atom stereocenters. The Labute approximate surface area is 184 Å². The Bertz CT molecular complexity index is 1270. The number of aryl methyl sites for hydroxylation is 3. The van der Waals surface area contributed by atoms with Gasteiger partial charge in [0.1, 0.15) is 0 Å². The SMILES string of the molecule is Cc1cc(C)c(P(=O)(C(=O)c2ccccc2-c2ccccc2)c2ccccc2)c(C)c1. The van der Waals surface area contributed by atoms with Crippen molar-refractivity contribution in [1.82, 2.24) is 0 Å². The largest absolute Gasteiger partial charge is 0.305 e. The second-order valence-corrected chi connectivity index (χ2v) is 10.5. The molecular weight excluding hydrogens is 399 g/mol. The maximum atomic E-state index is 14.9. The first-order valence-corrected chi connectivity index (χ1v) is 12.1. The van der Waals surface area contributed by atoms with Gasteiger partial charge in [0, 0.05) is 16.2 Å². The van der Waals surface area contributed by atoms with E-state index in [2.05, 4.69) is 0 Å². The molecule has 0 bridgehead atoms. The number of carbonyl (C=O) groups excluding carboxylic acids is 1. The van der Waals surface area contributed by atoms with Crippen molar-refractivity contribution in [1.29, 1.82) is 0 Å². The third kappa shape index (κ3) is 3.80. The Balaban J connectivity index is 2.01. The molecule has 3 heteroatoms. The molecule has 4 rings (SSSR count). The van der Waals surface area contributed by atoms with Crippen molar-refractivity contribution in [2.75, 3.05) is 0 Å². The summed E-state index contributed by atoms with van der Waals surface area (Å²) in [6, 6.07) is 30.5. The molecule has 0 amide bonds. The maximum Gasteiger partial charge on any atom is 0.230 e. The van der Waals surface area contributed by atoms with E-state index < -0.39 is 7.14 Å². The second kappa shape index (κ2) is 8.49. The predicted octanol–water partition coefficient (Wildman–Crippen LogP) is 6.43. The average Bonchev–Trinajstić information content (AvgIpc) is 2.79. The summed E-state index contributed by atoms with van der Waals surface area (Å²) in [5, 5.41) is 1.22. The van der Waals surface area contributed by atoms with E-state index in [1.165, 1.54) is 0 Å². The van der Waals surface area contributed by atoms with Gasteiger partial charge in [0.25, 0.3) is 0 Å². The first kappa shape index (κ1) is 21.0. The number of hydrogen-bond donors (Lipinski definition) is 0. The summed E-state index contributed by atoms with van der Waals surface area (Å²) >= 11 is 0. The standard InChI is InChI=1S/C28H25O2P/c1-20-18-21(2)27(22(3)19-20)31(30,24-14-8-5-9-15-24)28(29)26-17-11-10-16-25(26)23-12-6-4-7-13-23/h4-19H,1-3H3. The van der Waals surface area contributed by atoms with Gasteiger partial charge in [0.15, 0.2) is 0 Å². The highest BCUT2D eigenvalue weighted by molar-refractivity contribution is 7.93. The van der Waals surface area contributed by atoms with Crippen LogP contribution in [0.2, 0.25) is 0 Å². The van der Waals surface area contributed by atoms with Crippen LogP contribution in [0, 0.1) is 20.8 Å². The van der Waals surface area contributed by atoms with Crippen LogP contribution in [-0.2, 0) is 4.57 Å². The van der Waals surface area contributed by atoms with Crippen molar-refractivity contribution >= 4 is 23.3 Å². The first-order valence-electron chi connectivity index (χ1n) is 10.4. The van der Waals surface area contributed by atoms with Crippen molar-refractivity contribution in [2.45, 2.75) is 20.8 Å². The highest BCUT2D eigenvalue weighted by atomic mass is 31.2. The summed E-state index contributed by atoms with van der Waals surface area (Å²) in [7, 11) is -3.62. The Morgan fingerprint density at radius 1 is 0.677 bits per heavy atom. The van der Waals surface area contributed by atoms with E-state index in [9.17, 15) is 9.36 Å². The summed E-state index contributed by atoms with van der Waals surface area (Å²) in [5.74, 6) is 0. The molecule has 0 fully saturated rings. The van der Waals surface area contributed by atoms with E-state index in [1.54, 1.807) is 6.07 Å². The topological polar surface area (TPSA) is 34.1 Å².